The van der Waals surface area contributed by atoms with Crippen LogP contribution in [0, 0.1) is 0 Å². The van der Waals surface area contributed by atoms with Gasteiger partial charge in [-0.1, -0.05) is 0 Å². The van der Waals surface area contributed by atoms with E-state index in [2.05, 4.69) is 16.1 Å². The van der Waals surface area contributed by atoms with Crippen molar-refractivity contribution in [1.29, 1.82) is 0 Å². The second-order valence-corrected chi connectivity index (χ2v) is 5.23. The van der Waals surface area contributed by atoms with Gasteiger partial charge in [0.15, 0.2) is 0 Å². The Balaban J connectivity index is 3.27. The summed E-state index contributed by atoms with van der Waals surface area (Å²) in [6.45, 7) is 6.75. The molecule has 0 bridgehead atoms. The monoisotopic (exact) mass is 303 g/mol. The van der Waals surface area contributed by atoms with Crippen LogP contribution in [0.4, 0.5) is 0 Å². The van der Waals surface area contributed by atoms with E-state index in [1.807, 2.05) is 0 Å². The highest BCUT2D eigenvalue weighted by Gasteiger charge is 2.05. The van der Waals surface area contributed by atoms with Gasteiger partial charge in [-0.25, -0.2) is 5.01 Å². The number of nitrogens with two attached hydrogens (primary N) is 3. The third-order valence-electron chi connectivity index (χ3n) is 3.06. The van der Waals surface area contributed by atoms with E-state index in [4.69, 9.17) is 17.4 Å². The number of carbonyl (C=O) groups excluding carboxylic acids is 1. The van der Waals surface area contributed by atoms with E-state index < -0.39 is 6.04 Å². The lowest BCUT2D eigenvalue weighted by Crippen LogP contribution is -2.40. The van der Waals surface area contributed by atoms with Gasteiger partial charge in [0.05, 0.1) is 6.04 Å². The summed E-state index contributed by atoms with van der Waals surface area (Å²) >= 11 is 0. The largest absolute Gasteiger partial charge is 0.355 e. The molecule has 0 rings (SSSR count). The lowest BCUT2D eigenvalue weighted by atomic mass is 10.3. The number of nitrogens with zero attached hydrogens (tertiary/aromatic N) is 1. The first-order valence-electron chi connectivity index (χ1n) is 7.75. The smallest absolute Gasteiger partial charge is 0.236 e. The Morgan fingerprint density at radius 2 is 1.71 bits per heavy atom. The fraction of sp³-hybridized carbons (Fsp3) is 0.923. The van der Waals surface area contributed by atoms with Crippen LogP contribution in [0.2, 0.25) is 0 Å². The second kappa shape index (κ2) is 14.2. The second-order valence-electron chi connectivity index (χ2n) is 5.23. The molecule has 0 spiro atoms. The molecule has 1 unspecified atom stereocenters. The highest BCUT2D eigenvalue weighted by atomic mass is 16.2. The first-order valence-corrected chi connectivity index (χ1v) is 7.75. The molecule has 0 aliphatic carbocycles. The number of unbranched alkanes of at least 4 members (excludes halogenated alkanes) is 1. The van der Waals surface area contributed by atoms with Crippen molar-refractivity contribution in [3.8, 4) is 0 Å². The van der Waals surface area contributed by atoms with Gasteiger partial charge in [-0.05, 0) is 45.7 Å². The average Bonchev–Trinajstić information content (AvgIpc) is 2.46. The number of nitrogens with one attached hydrogen (secondary N) is 3. The average molecular weight is 303 g/mol. The van der Waals surface area contributed by atoms with E-state index >= 15 is 0 Å². The van der Waals surface area contributed by atoms with Crippen molar-refractivity contribution in [2.24, 2.45) is 17.4 Å². The Labute approximate surface area is 128 Å². The zero-order valence-electron chi connectivity index (χ0n) is 13.2. The van der Waals surface area contributed by atoms with Crippen molar-refractivity contribution >= 4 is 5.91 Å². The molecule has 0 aromatic carbocycles. The molecular weight excluding hydrogens is 270 g/mol. The Hall–Kier alpha value is -0.770. The molecule has 8 nitrogen and oxygen atoms in total. The number of amides is 1. The summed E-state index contributed by atoms with van der Waals surface area (Å²) in [4.78, 5) is 11.2. The molecule has 0 aromatic heterocycles. The molecule has 9 N–H and O–H groups in total. The van der Waals surface area contributed by atoms with Crippen LogP contribution in [-0.2, 0) is 4.79 Å². The highest BCUT2D eigenvalue weighted by molar-refractivity contribution is 5.80. The van der Waals surface area contributed by atoms with E-state index in [0.717, 1.165) is 58.4 Å². The summed E-state index contributed by atoms with van der Waals surface area (Å²) in [7, 11) is 0. The van der Waals surface area contributed by atoms with Gasteiger partial charge in [-0.3, -0.25) is 21.9 Å². The summed E-state index contributed by atoms with van der Waals surface area (Å²) < 4.78 is 0. The van der Waals surface area contributed by atoms with Crippen molar-refractivity contribution in [2.45, 2.75) is 38.6 Å². The normalized spacial score (nSPS) is 12.6. The van der Waals surface area contributed by atoms with Crippen LogP contribution < -0.4 is 33.5 Å². The number of hydrogen-bond donors (Lipinski definition) is 6. The minimum Gasteiger partial charge on any atom is -0.355 e. The van der Waals surface area contributed by atoms with E-state index in [9.17, 15) is 4.79 Å². The fourth-order valence-electron chi connectivity index (χ4n) is 1.77. The molecule has 126 valence electrons. The van der Waals surface area contributed by atoms with Gasteiger partial charge in [0.2, 0.25) is 5.91 Å². The Bertz CT molecular complexity index is 251. The van der Waals surface area contributed by atoms with Crippen LogP contribution in [0.25, 0.3) is 0 Å². The van der Waals surface area contributed by atoms with Gasteiger partial charge in [0.1, 0.15) is 0 Å². The van der Waals surface area contributed by atoms with Crippen LogP contribution >= 0.6 is 0 Å². The third-order valence-corrected chi connectivity index (χ3v) is 3.06. The fourth-order valence-corrected chi connectivity index (χ4v) is 1.77. The van der Waals surface area contributed by atoms with Crippen LogP contribution in [0.1, 0.15) is 32.6 Å². The van der Waals surface area contributed by atoms with E-state index in [1.54, 1.807) is 11.9 Å². The molecule has 21 heavy (non-hydrogen) atoms. The zero-order chi connectivity index (χ0) is 15.9. The van der Waals surface area contributed by atoms with Crippen LogP contribution in [0.3, 0.4) is 0 Å². The summed E-state index contributed by atoms with van der Waals surface area (Å²) in [6.07, 6.45) is 4.03. The number of carbonyl (C=O) groups is 1. The van der Waals surface area contributed by atoms with Gasteiger partial charge in [0.25, 0.3) is 0 Å². The molecule has 0 aromatic rings. The van der Waals surface area contributed by atoms with Crippen molar-refractivity contribution in [3.05, 3.63) is 0 Å². The van der Waals surface area contributed by atoms with Crippen LogP contribution in [0.5, 0.6) is 0 Å². The molecule has 0 saturated heterocycles. The summed E-state index contributed by atoms with van der Waals surface area (Å²) in [6, 6.07) is -0.452. The summed E-state index contributed by atoms with van der Waals surface area (Å²) in [5, 5.41) is 7.93. The van der Waals surface area contributed by atoms with Crippen molar-refractivity contribution in [2.75, 3.05) is 39.3 Å². The molecular formula is C13H33N7O. The first kappa shape index (κ1) is 20.2. The molecule has 0 aliphatic heterocycles. The molecule has 0 radical (unpaired) electrons. The molecule has 0 fully saturated rings. The van der Waals surface area contributed by atoms with Crippen LogP contribution in [-0.4, -0.2) is 56.2 Å². The van der Waals surface area contributed by atoms with Crippen molar-refractivity contribution in [3.63, 3.8) is 0 Å². The SMILES string of the molecule is CC(N)C(=O)NCCCN(N)CCCCNCCCNN. The molecule has 0 saturated carbocycles. The van der Waals surface area contributed by atoms with Gasteiger partial charge in [-0.15, -0.1) is 0 Å². The van der Waals surface area contributed by atoms with E-state index in [1.165, 1.54) is 0 Å². The maximum absolute atomic E-state index is 11.2. The Kier molecular flexibility index (Phi) is 13.7. The number of hydrazine groups is 2. The summed E-state index contributed by atoms with van der Waals surface area (Å²) in [5.41, 5.74) is 8.07. The summed E-state index contributed by atoms with van der Waals surface area (Å²) in [5.74, 6) is 10.9. The van der Waals surface area contributed by atoms with Gasteiger partial charge in [0, 0.05) is 26.2 Å². The van der Waals surface area contributed by atoms with Crippen molar-refractivity contribution < 1.29 is 4.79 Å². The number of hydrogen-bond acceptors (Lipinski definition) is 7. The van der Waals surface area contributed by atoms with Gasteiger partial charge in [-0.2, -0.15) is 0 Å². The maximum atomic E-state index is 11.2. The molecule has 1 atom stereocenters. The maximum Gasteiger partial charge on any atom is 0.236 e. The minimum atomic E-state index is -0.452. The Morgan fingerprint density at radius 1 is 1.05 bits per heavy atom. The predicted molar refractivity (Wildman–Crippen MR) is 85.9 cm³/mol. The lowest BCUT2D eigenvalue weighted by molar-refractivity contribution is -0.121. The first-order chi connectivity index (χ1) is 10.1. The van der Waals surface area contributed by atoms with E-state index in [0.29, 0.717) is 6.54 Å². The topological polar surface area (TPSA) is 134 Å². The van der Waals surface area contributed by atoms with E-state index in [-0.39, 0.29) is 5.91 Å². The lowest BCUT2D eigenvalue weighted by Gasteiger charge is -2.16. The number of rotatable bonds is 14. The standard InChI is InChI=1S/C13H33N7O/c1-12(14)13(21)18-8-5-11-20(16)10-3-2-6-17-7-4-9-19-15/h12,17,19H,2-11,14-16H2,1H3,(H,18,21). The third kappa shape index (κ3) is 13.9. The zero-order valence-corrected chi connectivity index (χ0v) is 13.2. The molecule has 0 heterocycles. The molecule has 1 amide bonds. The van der Waals surface area contributed by atoms with Crippen LogP contribution in [0.15, 0.2) is 0 Å². The predicted octanol–water partition coefficient (Wildman–Crippen LogP) is -1.76. The quantitative estimate of drug-likeness (QED) is 0.127. The molecule has 8 heteroatoms. The van der Waals surface area contributed by atoms with Gasteiger partial charge >= 0.3 is 0 Å². The van der Waals surface area contributed by atoms with Gasteiger partial charge < -0.3 is 16.4 Å². The highest BCUT2D eigenvalue weighted by Crippen LogP contribution is 1.91. The molecule has 0 aliphatic rings. The Morgan fingerprint density at radius 3 is 2.38 bits per heavy atom. The van der Waals surface area contributed by atoms with Crippen molar-refractivity contribution in [1.82, 2.24) is 21.1 Å². The minimum absolute atomic E-state index is 0.116.